The minimum atomic E-state index is -0.892. The SMILES string of the molecule is C[C@H]1[C@@H](NC(=O)[C@@H](C)OC(=O)c2cnc(Cl)c(Cl)c2)CCC[C@@H]1C. The molecule has 0 bridgehead atoms. The lowest BCUT2D eigenvalue weighted by Crippen LogP contribution is -2.47. The zero-order valence-corrected chi connectivity index (χ0v) is 15.5. The minimum Gasteiger partial charge on any atom is -0.449 e. The third-order valence-corrected chi connectivity index (χ3v) is 5.41. The first-order valence-electron chi connectivity index (χ1n) is 8.12. The first kappa shape index (κ1) is 19.0. The topological polar surface area (TPSA) is 68.3 Å². The summed E-state index contributed by atoms with van der Waals surface area (Å²) in [6, 6.07) is 1.49. The number of hydrogen-bond acceptors (Lipinski definition) is 4. The number of esters is 1. The summed E-state index contributed by atoms with van der Waals surface area (Å²) in [6.07, 6.45) is 3.61. The van der Waals surface area contributed by atoms with Gasteiger partial charge in [0, 0.05) is 12.2 Å². The van der Waals surface area contributed by atoms with Crippen molar-refractivity contribution in [3.05, 3.63) is 28.0 Å². The third-order valence-electron chi connectivity index (χ3n) is 4.72. The number of aromatic nitrogens is 1. The largest absolute Gasteiger partial charge is 0.449 e. The van der Waals surface area contributed by atoms with Gasteiger partial charge in [-0.1, -0.05) is 49.9 Å². The Morgan fingerprint density at radius 2 is 2.04 bits per heavy atom. The number of pyridine rings is 1. The lowest BCUT2D eigenvalue weighted by atomic mass is 9.78. The van der Waals surface area contributed by atoms with Gasteiger partial charge in [0.05, 0.1) is 10.6 Å². The highest BCUT2D eigenvalue weighted by atomic mass is 35.5. The van der Waals surface area contributed by atoms with Gasteiger partial charge in [0.25, 0.3) is 5.91 Å². The van der Waals surface area contributed by atoms with Crippen LogP contribution >= 0.6 is 23.2 Å². The number of nitrogens with zero attached hydrogens (tertiary/aromatic N) is 1. The number of rotatable bonds is 4. The number of carbonyl (C=O) groups is 2. The molecule has 1 aliphatic rings. The highest BCUT2D eigenvalue weighted by Gasteiger charge is 2.30. The number of amides is 1. The molecule has 1 saturated carbocycles. The smallest absolute Gasteiger partial charge is 0.340 e. The van der Waals surface area contributed by atoms with Crippen molar-refractivity contribution in [3.63, 3.8) is 0 Å². The molecule has 1 aromatic rings. The van der Waals surface area contributed by atoms with Crippen molar-refractivity contribution in [3.8, 4) is 0 Å². The van der Waals surface area contributed by atoms with Gasteiger partial charge in [0.15, 0.2) is 6.10 Å². The van der Waals surface area contributed by atoms with Crippen LogP contribution < -0.4 is 5.32 Å². The maximum atomic E-state index is 12.3. The predicted molar refractivity (Wildman–Crippen MR) is 93.2 cm³/mol. The van der Waals surface area contributed by atoms with Crippen LogP contribution in [-0.2, 0) is 9.53 Å². The number of hydrogen-bond donors (Lipinski definition) is 1. The quantitative estimate of drug-likeness (QED) is 0.643. The van der Waals surface area contributed by atoms with Crippen LogP contribution in [0.15, 0.2) is 12.3 Å². The van der Waals surface area contributed by atoms with Crippen molar-refractivity contribution < 1.29 is 14.3 Å². The van der Waals surface area contributed by atoms with Crippen molar-refractivity contribution in [2.45, 2.75) is 52.2 Å². The Morgan fingerprint density at radius 3 is 2.71 bits per heavy atom. The van der Waals surface area contributed by atoms with Crippen LogP contribution in [0, 0.1) is 11.8 Å². The van der Waals surface area contributed by atoms with E-state index in [-0.39, 0.29) is 27.7 Å². The molecule has 0 radical (unpaired) electrons. The van der Waals surface area contributed by atoms with Crippen LogP contribution in [0.25, 0.3) is 0 Å². The molecule has 4 atom stereocenters. The summed E-state index contributed by atoms with van der Waals surface area (Å²) in [4.78, 5) is 28.2. The molecule has 1 N–H and O–H groups in total. The van der Waals surface area contributed by atoms with Crippen molar-refractivity contribution in [2.75, 3.05) is 0 Å². The molecule has 5 nitrogen and oxygen atoms in total. The van der Waals surface area contributed by atoms with Gasteiger partial charge < -0.3 is 10.1 Å². The zero-order chi connectivity index (χ0) is 17.9. The fourth-order valence-corrected chi connectivity index (χ4v) is 3.17. The molecule has 0 aliphatic heterocycles. The van der Waals surface area contributed by atoms with E-state index in [0.29, 0.717) is 11.8 Å². The van der Waals surface area contributed by atoms with Crippen molar-refractivity contribution >= 4 is 35.1 Å². The standard InChI is InChI=1S/C17H22Cl2N2O3/c1-9-5-4-6-14(10(9)2)21-16(22)11(3)24-17(23)12-7-13(18)15(19)20-8-12/h7-11,14H,4-6H2,1-3H3,(H,21,22)/t9-,10+,11+,14-/m0/s1. The first-order chi connectivity index (χ1) is 11.3. The monoisotopic (exact) mass is 372 g/mol. The van der Waals surface area contributed by atoms with Gasteiger partial charge in [-0.3, -0.25) is 4.79 Å². The van der Waals surface area contributed by atoms with E-state index in [1.807, 2.05) is 0 Å². The van der Waals surface area contributed by atoms with Crippen LogP contribution in [-0.4, -0.2) is 29.0 Å². The van der Waals surface area contributed by atoms with E-state index in [1.54, 1.807) is 6.92 Å². The molecule has 0 saturated heterocycles. The molecule has 0 unspecified atom stereocenters. The molecule has 1 amide bonds. The normalized spacial score (nSPS) is 25.0. The maximum absolute atomic E-state index is 12.3. The van der Waals surface area contributed by atoms with E-state index in [1.165, 1.54) is 18.7 Å². The predicted octanol–water partition coefficient (Wildman–Crippen LogP) is 3.87. The third kappa shape index (κ3) is 4.61. The number of carbonyl (C=O) groups excluding carboxylic acids is 2. The van der Waals surface area contributed by atoms with Crippen LogP contribution in [0.3, 0.4) is 0 Å². The van der Waals surface area contributed by atoms with Crippen molar-refractivity contribution in [2.24, 2.45) is 11.8 Å². The average molecular weight is 373 g/mol. The van der Waals surface area contributed by atoms with Gasteiger partial charge in [-0.2, -0.15) is 0 Å². The zero-order valence-electron chi connectivity index (χ0n) is 14.0. The molecule has 1 heterocycles. The molecule has 2 rings (SSSR count). The molecule has 1 fully saturated rings. The Kier molecular flexibility index (Phi) is 6.47. The van der Waals surface area contributed by atoms with Crippen LogP contribution in [0.5, 0.6) is 0 Å². The summed E-state index contributed by atoms with van der Waals surface area (Å²) >= 11 is 11.6. The summed E-state index contributed by atoms with van der Waals surface area (Å²) in [7, 11) is 0. The molecule has 24 heavy (non-hydrogen) atoms. The summed E-state index contributed by atoms with van der Waals surface area (Å²) in [5, 5.41) is 3.27. The first-order valence-corrected chi connectivity index (χ1v) is 8.87. The van der Waals surface area contributed by atoms with E-state index in [4.69, 9.17) is 27.9 Å². The van der Waals surface area contributed by atoms with Gasteiger partial charge in [0.1, 0.15) is 5.15 Å². The van der Waals surface area contributed by atoms with E-state index in [9.17, 15) is 9.59 Å². The fourth-order valence-electron chi connectivity index (χ4n) is 2.90. The Morgan fingerprint density at radius 1 is 1.33 bits per heavy atom. The molecule has 1 aliphatic carbocycles. The van der Waals surface area contributed by atoms with E-state index < -0.39 is 12.1 Å². The van der Waals surface area contributed by atoms with E-state index in [0.717, 1.165) is 12.8 Å². The highest BCUT2D eigenvalue weighted by molar-refractivity contribution is 6.41. The van der Waals surface area contributed by atoms with Crippen LogP contribution in [0.2, 0.25) is 10.2 Å². The van der Waals surface area contributed by atoms with Gasteiger partial charge in [-0.15, -0.1) is 0 Å². The molecular weight excluding hydrogens is 351 g/mol. The van der Waals surface area contributed by atoms with Crippen molar-refractivity contribution in [1.82, 2.24) is 10.3 Å². The number of halogens is 2. The van der Waals surface area contributed by atoms with E-state index in [2.05, 4.69) is 24.1 Å². The van der Waals surface area contributed by atoms with Gasteiger partial charge in [-0.05, 0) is 31.2 Å². The maximum Gasteiger partial charge on any atom is 0.340 e. The second kappa shape index (κ2) is 8.17. The van der Waals surface area contributed by atoms with E-state index >= 15 is 0 Å². The van der Waals surface area contributed by atoms with Gasteiger partial charge in [0.2, 0.25) is 0 Å². The van der Waals surface area contributed by atoms with Crippen molar-refractivity contribution in [1.29, 1.82) is 0 Å². The summed E-state index contributed by atoms with van der Waals surface area (Å²) in [5.41, 5.74) is 0.156. The lowest BCUT2D eigenvalue weighted by Gasteiger charge is -2.35. The van der Waals surface area contributed by atoms with Crippen LogP contribution in [0.4, 0.5) is 0 Å². The summed E-state index contributed by atoms with van der Waals surface area (Å²) < 4.78 is 5.20. The average Bonchev–Trinajstić information content (AvgIpc) is 2.54. The Hall–Kier alpha value is -1.33. The molecule has 0 spiro atoms. The lowest BCUT2D eigenvalue weighted by molar-refractivity contribution is -0.130. The minimum absolute atomic E-state index is 0.111. The fraction of sp³-hybridized carbons (Fsp3) is 0.588. The Bertz CT molecular complexity index is 624. The van der Waals surface area contributed by atoms with Crippen LogP contribution in [0.1, 0.15) is 50.4 Å². The number of nitrogens with one attached hydrogen (secondary N) is 1. The molecule has 132 valence electrons. The molecule has 0 aromatic carbocycles. The molecule has 1 aromatic heterocycles. The Labute approximate surface area is 152 Å². The summed E-state index contributed by atoms with van der Waals surface area (Å²) in [5.74, 6) is 0.0326. The highest BCUT2D eigenvalue weighted by Crippen LogP contribution is 2.29. The number of ether oxygens (including phenoxy) is 1. The molecule has 7 heteroatoms. The Balaban J connectivity index is 1.93. The second-order valence-corrected chi connectivity index (χ2v) is 7.19. The second-order valence-electron chi connectivity index (χ2n) is 6.43. The van der Waals surface area contributed by atoms with Gasteiger partial charge >= 0.3 is 5.97 Å². The molecular formula is C17H22Cl2N2O3. The summed E-state index contributed by atoms with van der Waals surface area (Å²) in [6.45, 7) is 5.89. The van der Waals surface area contributed by atoms with Gasteiger partial charge in [-0.25, -0.2) is 9.78 Å².